The van der Waals surface area contributed by atoms with Crippen molar-refractivity contribution in [3.05, 3.63) is 53.5 Å². The summed E-state index contributed by atoms with van der Waals surface area (Å²) in [6.07, 6.45) is -6.46. The molecule has 0 aliphatic rings. The molecule has 1 heterocycles. The van der Waals surface area contributed by atoms with E-state index >= 15 is 0 Å². The summed E-state index contributed by atoms with van der Waals surface area (Å²) in [5, 5.41) is 98.1. The number of carboxylic acid groups (broad SMARTS) is 7. The Morgan fingerprint density at radius 3 is 1.10 bits per heavy atom. The molecule has 0 radical (unpaired) electrons. The number of aliphatic carboxylic acids is 7. The number of nitrogens with one attached hydrogen (secondary N) is 8. The van der Waals surface area contributed by atoms with Gasteiger partial charge in [0.1, 0.15) is 24.2 Å². The quantitative estimate of drug-likeness (QED) is 0.0278. The van der Waals surface area contributed by atoms with Crippen molar-refractivity contribution in [2.24, 2.45) is 0 Å². The molecule has 0 fully saturated rings. The maximum Gasteiger partial charge on any atom is 0.220 e. The van der Waals surface area contributed by atoms with Crippen molar-refractivity contribution >= 4 is 89.5 Å². The Morgan fingerprint density at radius 2 is 0.783 bits per heavy atom. The van der Waals surface area contributed by atoms with Crippen LogP contribution in [0.2, 0.25) is 0 Å². The summed E-state index contributed by atoms with van der Waals surface area (Å²) in [6, 6.07) is -3.72. The number of ether oxygens (including phenoxy) is 1. The topological polar surface area (TPSA) is 564 Å². The highest BCUT2D eigenvalue weighted by Gasteiger charge is 2.24. The number of carbonyl (C=O) groups excluding carboxylic acids is 15. The first-order chi connectivity index (χ1) is 39.2. The van der Waals surface area contributed by atoms with Crippen LogP contribution in [0.1, 0.15) is 107 Å². The lowest BCUT2D eigenvalue weighted by atomic mass is 10.1. The molecule has 33 nitrogen and oxygen atoms in total. The fourth-order valence-electron chi connectivity index (χ4n) is 7.26. The van der Waals surface area contributed by atoms with Crippen molar-refractivity contribution < 1.29 is 123 Å². The standard InChI is InChI=1S/C50H67N9O24/c51-30(44(68)69)5-12-38(62)54-32(46(72)73)7-14-40(64)56-34(48(76)77)9-16-42(66)58-36(50(80)81)11-18-43(67)59-35(49(78)79)10-17-41(65)57-33(47(74)75)8-15-39(63)55-31(45(70)71)6-13-37(61)53-20-19-26-1-3-28(4-2-26)82-23-27-21-29(83-24-27)22-52-25-60/h1-4,21,24-25,30-36H,5-20,22-23,51H2,(H,52,60)(H,53,61)(H,54,62)(H,55,63)(H,56,64)(H,57,65)(H,58,66)(H,59,67)(H,68,69)(H,70,71)(H,72,73)(H,74,75)(H,76,77)(H,78,79)(H,80,81)/p-6/t30-,31-,32-,33-,34-,35-,36-/m0/s1. The second-order valence-corrected chi connectivity index (χ2v) is 18.4. The van der Waals surface area contributed by atoms with E-state index in [0.717, 1.165) is 11.1 Å². The van der Waals surface area contributed by atoms with Crippen molar-refractivity contribution in [1.82, 2.24) is 42.5 Å². The first-order valence-electron chi connectivity index (χ1n) is 25.4. The van der Waals surface area contributed by atoms with E-state index in [4.69, 9.17) is 9.15 Å². The molecule has 0 unspecified atom stereocenters. The Hall–Kier alpha value is -9.69. The number of furan rings is 1. The average molecular weight is 1170 g/mol. The molecule has 1 aromatic heterocycles. The third kappa shape index (κ3) is 28.9. The lowest BCUT2D eigenvalue weighted by Crippen LogP contribution is -2.68. The molecule has 456 valence electrons. The maximum absolute atomic E-state index is 12.6. The van der Waals surface area contributed by atoms with Gasteiger partial charge in [-0.2, -0.15) is 0 Å². The monoisotopic (exact) mass is 1170 g/mol. The zero-order valence-electron chi connectivity index (χ0n) is 44.3. The number of benzene rings is 1. The molecule has 0 saturated carbocycles. The summed E-state index contributed by atoms with van der Waals surface area (Å²) in [6.45, 7) is 0.599. The number of hydrogen-bond acceptors (Lipinski definition) is 24. The summed E-state index contributed by atoms with van der Waals surface area (Å²) in [5.41, 5.74) is 4.81. The van der Waals surface area contributed by atoms with Crippen molar-refractivity contribution in [3.8, 4) is 5.75 Å². The minimum Gasteiger partial charge on any atom is -0.548 e. The lowest BCUT2D eigenvalue weighted by molar-refractivity contribution is -0.438. The van der Waals surface area contributed by atoms with E-state index in [9.17, 15) is 108 Å². The van der Waals surface area contributed by atoms with E-state index in [-0.39, 0.29) is 32.5 Å². The average Bonchev–Trinajstić information content (AvgIpc) is 3.90. The molecule has 0 bridgehead atoms. The van der Waals surface area contributed by atoms with Crippen LogP contribution in [0.5, 0.6) is 5.75 Å². The molecule has 33 heteroatoms. The fraction of sp³-hybridized carbons (Fsp3) is 0.500. The molecule has 2 rings (SSSR count). The van der Waals surface area contributed by atoms with Crippen LogP contribution in [0.3, 0.4) is 0 Å². The van der Waals surface area contributed by atoms with E-state index in [1.165, 1.54) is 6.26 Å². The Labute approximate surface area is 471 Å². The Morgan fingerprint density at radius 1 is 0.458 bits per heavy atom. The van der Waals surface area contributed by atoms with Crippen molar-refractivity contribution in [2.45, 2.75) is 152 Å². The molecule has 0 aliphatic heterocycles. The summed E-state index contributed by atoms with van der Waals surface area (Å²) in [5.74, 6) is -18.8. The van der Waals surface area contributed by atoms with Gasteiger partial charge in [-0.15, -0.1) is 0 Å². The van der Waals surface area contributed by atoms with Gasteiger partial charge in [-0.3, -0.25) is 38.4 Å². The third-order valence-electron chi connectivity index (χ3n) is 11.9. The fourth-order valence-corrected chi connectivity index (χ4v) is 7.26. The molecule has 1 aromatic carbocycles. The number of rotatable bonds is 43. The predicted molar refractivity (Wildman–Crippen MR) is 257 cm³/mol. The van der Waals surface area contributed by atoms with E-state index in [2.05, 4.69) is 21.7 Å². The van der Waals surface area contributed by atoms with Crippen LogP contribution in [-0.2, 0) is 91.5 Å². The van der Waals surface area contributed by atoms with E-state index < -0.39 is 202 Å². The zero-order valence-corrected chi connectivity index (χ0v) is 44.3. The highest BCUT2D eigenvalue weighted by atomic mass is 16.5. The summed E-state index contributed by atoms with van der Waals surface area (Å²) < 4.78 is 11.0. The number of carboxylic acids is 7. The molecule has 7 atom stereocenters. The number of quaternary nitrogens is 1. The molecule has 83 heavy (non-hydrogen) atoms. The normalized spacial score (nSPS) is 13.3. The van der Waals surface area contributed by atoms with Crippen LogP contribution in [0.15, 0.2) is 41.0 Å². The van der Waals surface area contributed by atoms with Gasteiger partial charge in [0, 0.05) is 63.5 Å². The largest absolute Gasteiger partial charge is 0.548 e. The van der Waals surface area contributed by atoms with Gasteiger partial charge in [0.05, 0.1) is 90.8 Å². The Bertz CT molecular complexity index is 2630. The minimum absolute atomic E-state index is 0.163. The van der Waals surface area contributed by atoms with E-state index in [0.29, 0.717) is 24.3 Å². The van der Waals surface area contributed by atoms with Gasteiger partial charge in [-0.1, -0.05) is 12.1 Å². The van der Waals surface area contributed by atoms with Gasteiger partial charge in [-0.25, -0.2) is 0 Å². The smallest absolute Gasteiger partial charge is 0.220 e. The Balaban J connectivity index is 1.78. The van der Waals surface area contributed by atoms with Gasteiger partial charge < -0.3 is 127 Å². The number of carbonyl (C=O) groups is 15. The second kappa shape index (κ2) is 36.5. The molecular weight excluding hydrogens is 1110 g/mol. The number of amides is 8. The lowest BCUT2D eigenvalue weighted by Gasteiger charge is -2.24. The van der Waals surface area contributed by atoms with E-state index in [1.807, 2.05) is 26.6 Å². The summed E-state index contributed by atoms with van der Waals surface area (Å²) in [4.78, 5) is 179. The third-order valence-corrected chi connectivity index (χ3v) is 11.9. The minimum atomic E-state index is -1.95. The molecule has 11 N–H and O–H groups in total. The van der Waals surface area contributed by atoms with Crippen LogP contribution < -0.4 is 88.8 Å². The summed E-state index contributed by atoms with van der Waals surface area (Å²) >= 11 is 0. The SMILES string of the molecule is [NH3+][C@@H](CCC(=O)N[C@@H](CCC(=O)N[C@@H](CCC(=O)N[C@@H](CCC(=O)N[C@@H](CCC(=O)N[C@@H](CCC(=O)N[C@@H](CCC(=O)NCCc1ccc(OCc2coc(CNC=O)c2)cc1)C(=O)[O-])C(=O)[O-])C(=O)[O-])C(=O)[O-])C(=O)[O-])C(=O)[O-])C(=O)[O-]. The predicted octanol–water partition coefficient (Wildman–Crippen LogP) is -13.0. The van der Waals surface area contributed by atoms with Crippen molar-refractivity contribution in [3.63, 3.8) is 0 Å². The molecule has 8 amide bonds. The molecule has 0 aliphatic carbocycles. The molecule has 0 saturated heterocycles. The van der Waals surface area contributed by atoms with Gasteiger partial charge in [0.15, 0.2) is 0 Å². The zero-order chi connectivity index (χ0) is 62.2. The Kier molecular flexibility index (Phi) is 30.6. The van der Waals surface area contributed by atoms with E-state index in [1.54, 1.807) is 30.3 Å². The highest BCUT2D eigenvalue weighted by Crippen LogP contribution is 2.16. The molecule has 2 aromatic rings. The molecule has 0 spiro atoms. The first kappa shape index (κ1) is 69.4. The molecular formula is C50H61N9O24-6. The van der Waals surface area contributed by atoms with Crippen LogP contribution in [0.25, 0.3) is 0 Å². The van der Waals surface area contributed by atoms with Gasteiger partial charge in [-0.05, 0) is 68.7 Å². The second-order valence-electron chi connectivity index (χ2n) is 18.4. The van der Waals surface area contributed by atoms with Crippen molar-refractivity contribution in [2.75, 3.05) is 6.54 Å². The van der Waals surface area contributed by atoms with Gasteiger partial charge in [0.2, 0.25) is 47.8 Å². The number of hydrogen-bond donors (Lipinski definition) is 9. The maximum atomic E-state index is 12.6. The van der Waals surface area contributed by atoms with Crippen LogP contribution >= 0.6 is 0 Å². The van der Waals surface area contributed by atoms with Crippen LogP contribution in [0, 0.1) is 0 Å². The summed E-state index contributed by atoms with van der Waals surface area (Å²) in [7, 11) is 0. The van der Waals surface area contributed by atoms with Gasteiger partial charge in [0.25, 0.3) is 0 Å². The van der Waals surface area contributed by atoms with Crippen LogP contribution in [0.4, 0.5) is 0 Å². The first-order valence-corrected chi connectivity index (χ1v) is 25.4. The highest BCUT2D eigenvalue weighted by molar-refractivity contribution is 5.89. The van der Waals surface area contributed by atoms with Crippen molar-refractivity contribution in [1.29, 1.82) is 0 Å². The van der Waals surface area contributed by atoms with Gasteiger partial charge >= 0.3 is 0 Å². The van der Waals surface area contributed by atoms with Crippen LogP contribution in [-0.4, -0.2) is 138 Å².